The fraction of sp³-hybridized carbons (Fsp3) is 0.455. The van der Waals surface area contributed by atoms with Gasteiger partial charge in [-0.2, -0.15) is 0 Å². The highest BCUT2D eigenvalue weighted by Crippen LogP contribution is 2.22. The average molecular weight is 217 g/mol. The van der Waals surface area contributed by atoms with Gasteiger partial charge in [0.25, 0.3) is 0 Å². The van der Waals surface area contributed by atoms with Gasteiger partial charge in [-0.25, -0.2) is 4.39 Å². The maximum Gasteiger partial charge on any atom is 0.144 e. The molecule has 0 aromatic heterocycles. The zero-order chi connectivity index (χ0) is 10.6. The van der Waals surface area contributed by atoms with Crippen molar-refractivity contribution in [1.82, 2.24) is 0 Å². The van der Waals surface area contributed by atoms with Crippen LogP contribution in [0.3, 0.4) is 0 Å². The Labute approximate surface area is 88.5 Å². The minimum atomic E-state index is -0.318. The van der Waals surface area contributed by atoms with Crippen molar-refractivity contribution in [2.24, 2.45) is 0 Å². The molecule has 1 aromatic carbocycles. The van der Waals surface area contributed by atoms with Gasteiger partial charge in [0.15, 0.2) is 0 Å². The average Bonchev–Trinajstić information content (AvgIpc) is 2.19. The molecule has 0 spiro atoms. The highest BCUT2D eigenvalue weighted by Gasteiger charge is 2.07. The van der Waals surface area contributed by atoms with Crippen molar-refractivity contribution in [3.63, 3.8) is 0 Å². The van der Waals surface area contributed by atoms with E-state index in [0.29, 0.717) is 18.4 Å². The lowest BCUT2D eigenvalue weighted by atomic mass is 10.0. The first kappa shape index (κ1) is 11.5. The molecule has 0 aliphatic rings. The Morgan fingerprint density at radius 3 is 2.71 bits per heavy atom. The minimum absolute atomic E-state index is 0.149. The molecule has 78 valence electrons. The van der Waals surface area contributed by atoms with Crippen LogP contribution in [0.5, 0.6) is 0 Å². The molecule has 0 fully saturated rings. The molecule has 0 aliphatic carbocycles. The van der Waals surface area contributed by atoms with E-state index in [2.05, 4.69) is 0 Å². The number of hydrogen-bond acceptors (Lipinski definition) is 1. The van der Waals surface area contributed by atoms with Gasteiger partial charge in [0.1, 0.15) is 5.82 Å². The number of aliphatic hydroxyl groups is 1. The van der Waals surface area contributed by atoms with Gasteiger partial charge in [-0.3, -0.25) is 0 Å². The summed E-state index contributed by atoms with van der Waals surface area (Å²) in [6, 6.07) is 3.45. The predicted octanol–water partition coefficient (Wildman–Crippen LogP) is 2.97. The summed E-state index contributed by atoms with van der Waals surface area (Å²) >= 11 is 5.74. The largest absolute Gasteiger partial charge is 0.396 e. The van der Waals surface area contributed by atoms with Crippen LogP contribution in [0.15, 0.2) is 12.1 Å². The fourth-order valence-electron chi connectivity index (χ4n) is 1.39. The monoisotopic (exact) mass is 216 g/mol. The van der Waals surface area contributed by atoms with E-state index >= 15 is 0 Å². The highest BCUT2D eigenvalue weighted by molar-refractivity contribution is 6.30. The Morgan fingerprint density at radius 2 is 2.14 bits per heavy atom. The standard InChI is InChI=1S/C11H14ClFO/c1-2-9-6-8(4-3-5-14)7-10(12)11(9)13/h6-7,14H,2-5H2,1H3. The summed E-state index contributed by atoms with van der Waals surface area (Å²) in [7, 11) is 0. The van der Waals surface area contributed by atoms with Crippen LogP contribution in [0.4, 0.5) is 4.39 Å². The van der Waals surface area contributed by atoms with E-state index < -0.39 is 0 Å². The summed E-state index contributed by atoms with van der Waals surface area (Å²) in [4.78, 5) is 0. The Balaban J connectivity index is 2.91. The first-order valence-electron chi connectivity index (χ1n) is 4.76. The third-order valence-corrected chi connectivity index (χ3v) is 2.44. The van der Waals surface area contributed by atoms with Crippen molar-refractivity contribution >= 4 is 11.6 Å². The van der Waals surface area contributed by atoms with E-state index in [1.165, 1.54) is 0 Å². The Bertz CT molecular complexity index is 312. The van der Waals surface area contributed by atoms with E-state index in [9.17, 15) is 4.39 Å². The second-order valence-electron chi connectivity index (χ2n) is 3.23. The van der Waals surface area contributed by atoms with Crippen LogP contribution in [0.2, 0.25) is 5.02 Å². The molecule has 0 unspecified atom stereocenters. The molecule has 0 atom stereocenters. The van der Waals surface area contributed by atoms with Crippen molar-refractivity contribution in [3.8, 4) is 0 Å². The van der Waals surface area contributed by atoms with Crippen LogP contribution in [-0.2, 0) is 12.8 Å². The number of benzene rings is 1. The molecule has 1 aromatic rings. The third kappa shape index (κ3) is 2.69. The van der Waals surface area contributed by atoms with Crippen molar-refractivity contribution in [3.05, 3.63) is 34.1 Å². The SMILES string of the molecule is CCc1cc(CCCO)cc(Cl)c1F. The lowest BCUT2D eigenvalue weighted by Gasteiger charge is -2.06. The van der Waals surface area contributed by atoms with Crippen LogP contribution >= 0.6 is 11.6 Å². The molecule has 14 heavy (non-hydrogen) atoms. The molecule has 3 heteroatoms. The summed E-state index contributed by atoms with van der Waals surface area (Å²) in [6.07, 6.45) is 2.06. The van der Waals surface area contributed by atoms with E-state index in [1.54, 1.807) is 6.07 Å². The molecule has 0 aliphatic heterocycles. The number of hydrogen-bond donors (Lipinski definition) is 1. The fourth-order valence-corrected chi connectivity index (χ4v) is 1.65. The second kappa shape index (κ2) is 5.32. The van der Waals surface area contributed by atoms with E-state index in [0.717, 1.165) is 12.0 Å². The maximum absolute atomic E-state index is 13.3. The Kier molecular flexibility index (Phi) is 4.36. The molecule has 0 saturated carbocycles. The van der Waals surface area contributed by atoms with Gasteiger partial charge in [0.05, 0.1) is 5.02 Å². The van der Waals surface area contributed by atoms with Gasteiger partial charge >= 0.3 is 0 Å². The van der Waals surface area contributed by atoms with Crippen molar-refractivity contribution < 1.29 is 9.50 Å². The molecule has 0 radical (unpaired) electrons. The van der Waals surface area contributed by atoms with Crippen LogP contribution in [0, 0.1) is 5.82 Å². The van der Waals surface area contributed by atoms with Gasteiger partial charge in [0.2, 0.25) is 0 Å². The van der Waals surface area contributed by atoms with E-state index in [1.807, 2.05) is 13.0 Å². The molecular weight excluding hydrogens is 203 g/mol. The molecular formula is C11H14ClFO. The number of aliphatic hydroxyl groups excluding tert-OH is 1. The topological polar surface area (TPSA) is 20.2 Å². The number of rotatable bonds is 4. The first-order valence-corrected chi connectivity index (χ1v) is 5.14. The highest BCUT2D eigenvalue weighted by atomic mass is 35.5. The van der Waals surface area contributed by atoms with Gasteiger partial charge in [-0.1, -0.05) is 24.6 Å². The van der Waals surface area contributed by atoms with Crippen LogP contribution in [0.1, 0.15) is 24.5 Å². The zero-order valence-electron chi connectivity index (χ0n) is 8.19. The number of aryl methyl sites for hydroxylation is 2. The third-order valence-electron chi connectivity index (χ3n) is 2.17. The van der Waals surface area contributed by atoms with Crippen molar-refractivity contribution in [2.45, 2.75) is 26.2 Å². The molecule has 1 N–H and O–H groups in total. The normalized spacial score (nSPS) is 10.6. The molecule has 1 nitrogen and oxygen atoms in total. The predicted molar refractivity (Wildman–Crippen MR) is 56.2 cm³/mol. The molecule has 0 amide bonds. The van der Waals surface area contributed by atoms with Gasteiger partial charge in [0, 0.05) is 6.61 Å². The van der Waals surface area contributed by atoms with Crippen LogP contribution in [-0.4, -0.2) is 11.7 Å². The lowest BCUT2D eigenvalue weighted by molar-refractivity contribution is 0.288. The van der Waals surface area contributed by atoms with E-state index in [4.69, 9.17) is 16.7 Å². The lowest BCUT2D eigenvalue weighted by Crippen LogP contribution is -1.95. The number of halogens is 2. The first-order chi connectivity index (χ1) is 6.69. The maximum atomic E-state index is 13.3. The molecule has 0 heterocycles. The molecule has 0 bridgehead atoms. The van der Waals surface area contributed by atoms with Crippen molar-refractivity contribution in [1.29, 1.82) is 0 Å². The van der Waals surface area contributed by atoms with Gasteiger partial charge < -0.3 is 5.11 Å². The summed E-state index contributed by atoms with van der Waals surface area (Å²) in [5.74, 6) is -0.318. The summed E-state index contributed by atoms with van der Waals surface area (Å²) in [6.45, 7) is 2.04. The van der Waals surface area contributed by atoms with Gasteiger partial charge in [-0.15, -0.1) is 0 Å². The Morgan fingerprint density at radius 1 is 1.43 bits per heavy atom. The van der Waals surface area contributed by atoms with E-state index in [-0.39, 0.29) is 17.4 Å². The van der Waals surface area contributed by atoms with Gasteiger partial charge in [-0.05, 0) is 36.5 Å². The zero-order valence-corrected chi connectivity index (χ0v) is 8.94. The van der Waals surface area contributed by atoms with Crippen molar-refractivity contribution in [2.75, 3.05) is 6.61 Å². The minimum Gasteiger partial charge on any atom is -0.396 e. The molecule has 0 saturated heterocycles. The van der Waals surface area contributed by atoms with Crippen LogP contribution < -0.4 is 0 Å². The van der Waals surface area contributed by atoms with Crippen LogP contribution in [0.25, 0.3) is 0 Å². The smallest absolute Gasteiger partial charge is 0.144 e. The summed E-state index contributed by atoms with van der Waals surface area (Å²) in [5.41, 5.74) is 1.63. The Hall–Kier alpha value is -0.600. The summed E-state index contributed by atoms with van der Waals surface area (Å²) in [5, 5.41) is 8.85. The summed E-state index contributed by atoms with van der Waals surface area (Å²) < 4.78 is 13.3. The second-order valence-corrected chi connectivity index (χ2v) is 3.64. The quantitative estimate of drug-likeness (QED) is 0.821. The molecule has 1 rings (SSSR count).